The molecule has 0 radical (unpaired) electrons. The molecule has 0 aliphatic heterocycles. The van der Waals surface area contributed by atoms with E-state index >= 15 is 0 Å². The highest BCUT2D eigenvalue weighted by atomic mass is 35.5. The monoisotopic (exact) mass is 339 g/mol. The summed E-state index contributed by atoms with van der Waals surface area (Å²) in [7, 11) is 1.81. The third-order valence-electron chi connectivity index (χ3n) is 2.50. The first kappa shape index (κ1) is 14.3. The Morgan fingerprint density at radius 3 is 2.71 bits per heavy atom. The number of rotatable bonds is 5. The van der Waals surface area contributed by atoms with Gasteiger partial charge in [-0.25, -0.2) is 0 Å². The molecule has 3 aromatic rings. The zero-order chi connectivity index (χ0) is 14.7. The molecule has 1 N–H and O–H groups in total. The fourth-order valence-electron chi connectivity index (χ4n) is 1.51. The van der Waals surface area contributed by atoms with Gasteiger partial charge in [0.25, 0.3) is 0 Å². The minimum Gasteiger partial charge on any atom is -0.420 e. The van der Waals surface area contributed by atoms with Gasteiger partial charge in [-0.3, -0.25) is 0 Å². The van der Waals surface area contributed by atoms with Crippen molar-refractivity contribution in [3.8, 4) is 11.5 Å². The maximum atomic E-state index is 5.85. The largest absolute Gasteiger partial charge is 0.420 e. The fraction of sp³-hybridized carbons (Fsp3) is 0.167. The third-order valence-corrected chi connectivity index (χ3v) is 4.81. The van der Waals surface area contributed by atoms with Crippen LogP contribution in [0.2, 0.25) is 5.02 Å². The van der Waals surface area contributed by atoms with Gasteiger partial charge in [0.05, 0.1) is 5.75 Å². The fourth-order valence-corrected chi connectivity index (χ4v) is 3.18. The van der Waals surface area contributed by atoms with E-state index in [1.165, 1.54) is 23.1 Å². The summed E-state index contributed by atoms with van der Waals surface area (Å²) >= 11 is 8.84. The molecular formula is C12H10ClN5OS2. The molecule has 1 aromatic carbocycles. The number of anilines is 1. The molecule has 0 aliphatic rings. The van der Waals surface area contributed by atoms with Crippen LogP contribution in [0, 0.1) is 0 Å². The van der Waals surface area contributed by atoms with E-state index in [2.05, 4.69) is 25.7 Å². The molecule has 21 heavy (non-hydrogen) atoms. The Bertz CT molecular complexity index is 727. The standard InChI is InChI=1S/C12H10ClN5OS2/c1-14-11-17-18-12(21-11)20-6-9-15-16-10(19-9)7-2-4-8(13)5-3-7/h2-5H,6H2,1H3,(H,14,17). The zero-order valence-electron chi connectivity index (χ0n) is 10.9. The molecule has 9 heteroatoms. The molecular weight excluding hydrogens is 330 g/mol. The SMILES string of the molecule is CNc1nnc(SCc2nnc(-c3ccc(Cl)cc3)o2)s1. The molecule has 0 aliphatic carbocycles. The molecule has 6 nitrogen and oxygen atoms in total. The summed E-state index contributed by atoms with van der Waals surface area (Å²) in [6.07, 6.45) is 0. The van der Waals surface area contributed by atoms with Crippen molar-refractivity contribution in [2.75, 3.05) is 12.4 Å². The van der Waals surface area contributed by atoms with Crippen LogP contribution >= 0.6 is 34.7 Å². The van der Waals surface area contributed by atoms with Crippen LogP contribution in [0.15, 0.2) is 33.0 Å². The normalized spacial score (nSPS) is 10.8. The van der Waals surface area contributed by atoms with Gasteiger partial charge in [0.2, 0.25) is 16.9 Å². The van der Waals surface area contributed by atoms with Gasteiger partial charge in [0.15, 0.2) is 4.34 Å². The number of thioether (sulfide) groups is 1. The second-order valence-electron chi connectivity index (χ2n) is 3.92. The van der Waals surface area contributed by atoms with Crippen molar-refractivity contribution in [1.82, 2.24) is 20.4 Å². The van der Waals surface area contributed by atoms with Crippen LogP contribution < -0.4 is 5.32 Å². The van der Waals surface area contributed by atoms with E-state index in [1.54, 1.807) is 12.1 Å². The van der Waals surface area contributed by atoms with Crippen LogP contribution in [-0.2, 0) is 5.75 Å². The highest BCUT2D eigenvalue weighted by Gasteiger charge is 2.10. The third kappa shape index (κ3) is 3.52. The lowest BCUT2D eigenvalue weighted by atomic mass is 10.2. The van der Waals surface area contributed by atoms with Crippen LogP contribution in [0.4, 0.5) is 5.13 Å². The van der Waals surface area contributed by atoms with Gasteiger partial charge in [0, 0.05) is 17.6 Å². The number of benzene rings is 1. The van der Waals surface area contributed by atoms with E-state index in [0.29, 0.717) is 22.6 Å². The maximum absolute atomic E-state index is 5.85. The minimum atomic E-state index is 0.482. The summed E-state index contributed by atoms with van der Waals surface area (Å²) in [5.74, 6) is 1.58. The molecule has 0 saturated heterocycles. The molecule has 2 heterocycles. The van der Waals surface area contributed by atoms with E-state index in [4.69, 9.17) is 16.0 Å². The first-order chi connectivity index (χ1) is 10.2. The highest BCUT2D eigenvalue weighted by Crippen LogP contribution is 2.28. The number of aromatic nitrogens is 4. The van der Waals surface area contributed by atoms with Crippen LogP contribution in [0.3, 0.4) is 0 Å². The predicted octanol–water partition coefficient (Wildman–Crippen LogP) is 3.58. The lowest BCUT2D eigenvalue weighted by Gasteiger charge is -1.94. The van der Waals surface area contributed by atoms with Crippen LogP contribution in [-0.4, -0.2) is 27.4 Å². The Kier molecular flexibility index (Phi) is 4.37. The number of halogens is 1. The number of nitrogens with one attached hydrogen (secondary N) is 1. The summed E-state index contributed by atoms with van der Waals surface area (Å²) in [6, 6.07) is 7.26. The van der Waals surface area contributed by atoms with Crippen molar-refractivity contribution in [2.45, 2.75) is 10.1 Å². The lowest BCUT2D eigenvalue weighted by Crippen LogP contribution is -1.84. The number of nitrogens with zero attached hydrogens (tertiary/aromatic N) is 4. The Labute approximate surface area is 134 Å². The summed E-state index contributed by atoms with van der Waals surface area (Å²) in [5, 5.41) is 20.5. The van der Waals surface area contributed by atoms with Gasteiger partial charge in [-0.15, -0.1) is 20.4 Å². The van der Waals surface area contributed by atoms with E-state index in [1.807, 2.05) is 19.2 Å². The topological polar surface area (TPSA) is 76.7 Å². The van der Waals surface area contributed by atoms with Crippen molar-refractivity contribution in [3.05, 3.63) is 35.2 Å². The second-order valence-corrected chi connectivity index (χ2v) is 6.56. The van der Waals surface area contributed by atoms with Gasteiger partial charge < -0.3 is 9.73 Å². The van der Waals surface area contributed by atoms with Crippen LogP contribution in [0.5, 0.6) is 0 Å². The van der Waals surface area contributed by atoms with E-state index < -0.39 is 0 Å². The Morgan fingerprint density at radius 2 is 2.00 bits per heavy atom. The molecule has 0 amide bonds. The Balaban J connectivity index is 1.66. The smallest absolute Gasteiger partial charge is 0.247 e. The lowest BCUT2D eigenvalue weighted by molar-refractivity contribution is 0.528. The van der Waals surface area contributed by atoms with Crippen molar-refractivity contribution >= 4 is 39.8 Å². The number of hydrogen-bond acceptors (Lipinski definition) is 8. The van der Waals surface area contributed by atoms with Gasteiger partial charge in [-0.2, -0.15) is 0 Å². The maximum Gasteiger partial charge on any atom is 0.247 e. The molecule has 0 saturated carbocycles. The highest BCUT2D eigenvalue weighted by molar-refractivity contribution is 8.00. The van der Waals surface area contributed by atoms with Gasteiger partial charge in [0.1, 0.15) is 0 Å². The first-order valence-electron chi connectivity index (χ1n) is 5.97. The molecule has 0 spiro atoms. The molecule has 0 fully saturated rings. The summed E-state index contributed by atoms with van der Waals surface area (Å²) in [5.41, 5.74) is 0.844. The Morgan fingerprint density at radius 1 is 1.19 bits per heavy atom. The first-order valence-corrected chi connectivity index (χ1v) is 8.15. The summed E-state index contributed by atoms with van der Waals surface area (Å²) < 4.78 is 6.47. The molecule has 3 rings (SSSR count). The quantitative estimate of drug-likeness (QED) is 0.712. The predicted molar refractivity (Wildman–Crippen MR) is 83.8 cm³/mol. The average molecular weight is 340 g/mol. The van der Waals surface area contributed by atoms with Crippen LogP contribution in [0.1, 0.15) is 5.89 Å². The van der Waals surface area contributed by atoms with E-state index in [0.717, 1.165) is 15.0 Å². The number of hydrogen-bond donors (Lipinski definition) is 1. The van der Waals surface area contributed by atoms with Crippen molar-refractivity contribution in [2.24, 2.45) is 0 Å². The second kappa shape index (κ2) is 6.42. The van der Waals surface area contributed by atoms with Crippen LogP contribution in [0.25, 0.3) is 11.5 Å². The average Bonchev–Trinajstić information content (AvgIpc) is 3.15. The van der Waals surface area contributed by atoms with Crippen molar-refractivity contribution in [3.63, 3.8) is 0 Å². The molecule has 0 unspecified atom stereocenters. The molecule has 2 aromatic heterocycles. The van der Waals surface area contributed by atoms with Gasteiger partial charge in [-0.05, 0) is 24.3 Å². The molecule has 0 bridgehead atoms. The van der Waals surface area contributed by atoms with Gasteiger partial charge >= 0.3 is 0 Å². The van der Waals surface area contributed by atoms with E-state index in [-0.39, 0.29) is 0 Å². The Hall–Kier alpha value is -1.64. The summed E-state index contributed by atoms with van der Waals surface area (Å²) in [4.78, 5) is 0. The summed E-state index contributed by atoms with van der Waals surface area (Å²) in [6.45, 7) is 0. The van der Waals surface area contributed by atoms with Gasteiger partial charge in [-0.1, -0.05) is 34.7 Å². The molecule has 108 valence electrons. The molecule has 0 atom stereocenters. The van der Waals surface area contributed by atoms with Crippen molar-refractivity contribution < 1.29 is 4.42 Å². The van der Waals surface area contributed by atoms with E-state index in [9.17, 15) is 0 Å². The van der Waals surface area contributed by atoms with Crippen molar-refractivity contribution in [1.29, 1.82) is 0 Å². The minimum absolute atomic E-state index is 0.482. The zero-order valence-corrected chi connectivity index (χ0v) is 13.3.